The Labute approximate surface area is 126 Å². The molecule has 1 N–H and O–H groups in total. The molecule has 19 heavy (non-hydrogen) atoms. The summed E-state index contributed by atoms with van der Waals surface area (Å²) in [5, 5.41) is 5.13. The first-order chi connectivity index (χ1) is 9.00. The van der Waals surface area contributed by atoms with E-state index in [1.165, 1.54) is 24.2 Å². The maximum absolute atomic E-state index is 5.96. The smallest absolute Gasteiger partial charge is 0.0406 e. The average Bonchev–Trinajstić information content (AvgIpc) is 2.35. The number of rotatable bonds is 4. The van der Waals surface area contributed by atoms with Gasteiger partial charge >= 0.3 is 0 Å². The zero-order valence-corrected chi connectivity index (χ0v) is 13.7. The van der Waals surface area contributed by atoms with E-state index in [9.17, 15) is 0 Å². The van der Waals surface area contributed by atoms with Crippen LogP contribution in [0.5, 0.6) is 0 Å². The summed E-state index contributed by atoms with van der Waals surface area (Å²) in [5.41, 5.74) is 0.468. The van der Waals surface area contributed by atoms with Crippen molar-refractivity contribution in [3.05, 3.63) is 29.3 Å². The first kappa shape index (κ1) is 15.2. The number of thioether (sulfide) groups is 1. The minimum Gasteiger partial charge on any atom is -0.313 e. The predicted octanol–water partition coefficient (Wildman–Crippen LogP) is 4.99. The molecule has 1 nitrogen and oxygen atoms in total. The van der Waals surface area contributed by atoms with Crippen LogP contribution >= 0.6 is 23.4 Å². The van der Waals surface area contributed by atoms with Crippen molar-refractivity contribution in [3.63, 3.8) is 0 Å². The molecule has 0 bridgehead atoms. The largest absolute Gasteiger partial charge is 0.313 e. The van der Waals surface area contributed by atoms with E-state index in [1.807, 2.05) is 23.9 Å². The van der Waals surface area contributed by atoms with Crippen LogP contribution in [0.2, 0.25) is 5.02 Å². The Bertz CT molecular complexity index is 402. The van der Waals surface area contributed by atoms with Crippen LogP contribution < -0.4 is 5.32 Å². The minimum absolute atomic E-state index is 0.468. The van der Waals surface area contributed by atoms with Crippen LogP contribution in [0.4, 0.5) is 0 Å². The lowest BCUT2D eigenvalue weighted by Gasteiger charge is -2.40. The Morgan fingerprint density at radius 3 is 2.63 bits per heavy atom. The highest BCUT2D eigenvalue weighted by atomic mass is 35.5. The van der Waals surface area contributed by atoms with Gasteiger partial charge in [0, 0.05) is 21.2 Å². The van der Waals surface area contributed by atoms with Gasteiger partial charge in [0.05, 0.1) is 0 Å². The highest BCUT2D eigenvalue weighted by molar-refractivity contribution is 8.00. The molecule has 2 unspecified atom stereocenters. The summed E-state index contributed by atoms with van der Waals surface area (Å²) in [6, 6.07) is 8.88. The van der Waals surface area contributed by atoms with Gasteiger partial charge < -0.3 is 5.32 Å². The number of halogens is 1. The van der Waals surface area contributed by atoms with E-state index in [0.717, 1.165) is 11.6 Å². The Morgan fingerprint density at radius 1 is 1.32 bits per heavy atom. The van der Waals surface area contributed by atoms with Crippen molar-refractivity contribution >= 4 is 23.4 Å². The standard InChI is InChI=1S/C16H24ClNS/c1-4-18-14-9-10-16(2,3)11-15(14)19-13-7-5-12(17)6-8-13/h5-8,14-15,18H,4,9-11H2,1-3H3. The third-order valence-corrected chi connectivity index (χ3v) is 5.50. The molecular formula is C16H24ClNS. The third-order valence-electron chi connectivity index (χ3n) is 3.90. The SMILES string of the molecule is CCNC1CCC(C)(C)CC1Sc1ccc(Cl)cc1. The average molecular weight is 298 g/mol. The highest BCUT2D eigenvalue weighted by Gasteiger charge is 2.34. The fourth-order valence-corrected chi connectivity index (χ4v) is 4.53. The van der Waals surface area contributed by atoms with E-state index in [0.29, 0.717) is 16.7 Å². The molecule has 2 atom stereocenters. The molecular weight excluding hydrogens is 274 g/mol. The molecule has 0 saturated heterocycles. The van der Waals surface area contributed by atoms with E-state index >= 15 is 0 Å². The molecule has 1 fully saturated rings. The van der Waals surface area contributed by atoms with Gasteiger partial charge in [-0.1, -0.05) is 32.4 Å². The Morgan fingerprint density at radius 2 is 2.00 bits per heavy atom. The molecule has 1 aliphatic rings. The minimum atomic E-state index is 0.468. The van der Waals surface area contributed by atoms with Gasteiger partial charge in [0.25, 0.3) is 0 Å². The normalized spacial score (nSPS) is 26.3. The van der Waals surface area contributed by atoms with Gasteiger partial charge in [0.2, 0.25) is 0 Å². The summed E-state index contributed by atoms with van der Waals surface area (Å²) in [4.78, 5) is 1.33. The summed E-state index contributed by atoms with van der Waals surface area (Å²) in [5.74, 6) is 0. The van der Waals surface area contributed by atoms with Crippen LogP contribution in [-0.2, 0) is 0 Å². The molecule has 0 aliphatic heterocycles. The summed E-state index contributed by atoms with van der Waals surface area (Å²) in [6.45, 7) is 8.04. The van der Waals surface area contributed by atoms with Crippen LogP contribution in [0.25, 0.3) is 0 Å². The molecule has 0 spiro atoms. The lowest BCUT2D eigenvalue weighted by molar-refractivity contribution is 0.215. The van der Waals surface area contributed by atoms with Gasteiger partial charge in [0.15, 0.2) is 0 Å². The fourth-order valence-electron chi connectivity index (χ4n) is 2.83. The Balaban J connectivity index is 2.06. The van der Waals surface area contributed by atoms with E-state index < -0.39 is 0 Å². The van der Waals surface area contributed by atoms with Crippen molar-refractivity contribution < 1.29 is 0 Å². The van der Waals surface area contributed by atoms with Crippen LogP contribution in [0.3, 0.4) is 0 Å². The molecule has 1 aliphatic carbocycles. The van der Waals surface area contributed by atoms with Crippen molar-refractivity contribution in [1.29, 1.82) is 0 Å². The predicted molar refractivity (Wildman–Crippen MR) is 86.2 cm³/mol. The lowest BCUT2D eigenvalue weighted by Crippen LogP contribution is -2.44. The quantitative estimate of drug-likeness (QED) is 0.840. The van der Waals surface area contributed by atoms with Crippen LogP contribution in [-0.4, -0.2) is 17.8 Å². The topological polar surface area (TPSA) is 12.0 Å². The molecule has 1 saturated carbocycles. The van der Waals surface area contributed by atoms with Crippen molar-refractivity contribution in [1.82, 2.24) is 5.32 Å². The van der Waals surface area contributed by atoms with Crippen LogP contribution in [0.1, 0.15) is 40.0 Å². The number of benzene rings is 1. The van der Waals surface area contributed by atoms with E-state index in [4.69, 9.17) is 11.6 Å². The first-order valence-electron chi connectivity index (χ1n) is 7.16. The van der Waals surface area contributed by atoms with E-state index in [2.05, 4.69) is 38.2 Å². The van der Waals surface area contributed by atoms with Gasteiger partial charge in [0.1, 0.15) is 0 Å². The highest BCUT2D eigenvalue weighted by Crippen LogP contribution is 2.42. The van der Waals surface area contributed by atoms with Gasteiger partial charge in [-0.05, 0) is 55.5 Å². The summed E-state index contributed by atoms with van der Waals surface area (Å²) < 4.78 is 0. The van der Waals surface area contributed by atoms with Crippen molar-refractivity contribution in [3.8, 4) is 0 Å². The molecule has 0 amide bonds. The van der Waals surface area contributed by atoms with Crippen LogP contribution in [0.15, 0.2) is 29.2 Å². The fraction of sp³-hybridized carbons (Fsp3) is 0.625. The second-order valence-corrected chi connectivity index (χ2v) is 7.93. The number of hydrogen-bond donors (Lipinski definition) is 1. The zero-order valence-electron chi connectivity index (χ0n) is 12.1. The zero-order chi connectivity index (χ0) is 13.9. The summed E-state index contributed by atoms with van der Waals surface area (Å²) in [6.07, 6.45) is 3.88. The maximum atomic E-state index is 5.96. The van der Waals surface area contributed by atoms with E-state index in [1.54, 1.807) is 0 Å². The molecule has 0 aromatic heterocycles. The van der Waals surface area contributed by atoms with E-state index in [-0.39, 0.29) is 0 Å². The lowest BCUT2D eigenvalue weighted by atomic mass is 9.75. The third kappa shape index (κ3) is 4.40. The molecule has 1 aromatic carbocycles. The molecule has 3 heteroatoms. The summed E-state index contributed by atoms with van der Waals surface area (Å²) >= 11 is 7.96. The van der Waals surface area contributed by atoms with Crippen molar-refractivity contribution in [2.75, 3.05) is 6.54 Å². The second-order valence-electron chi connectivity index (χ2n) is 6.18. The maximum Gasteiger partial charge on any atom is 0.0406 e. The van der Waals surface area contributed by atoms with Gasteiger partial charge in [-0.25, -0.2) is 0 Å². The molecule has 0 heterocycles. The molecule has 106 valence electrons. The molecule has 0 radical (unpaired) electrons. The number of nitrogens with one attached hydrogen (secondary N) is 1. The first-order valence-corrected chi connectivity index (χ1v) is 8.41. The van der Waals surface area contributed by atoms with Gasteiger partial charge in [-0.15, -0.1) is 11.8 Å². The van der Waals surface area contributed by atoms with Crippen molar-refractivity contribution in [2.45, 2.75) is 56.2 Å². The van der Waals surface area contributed by atoms with Crippen molar-refractivity contribution in [2.24, 2.45) is 5.41 Å². The summed E-state index contributed by atoms with van der Waals surface area (Å²) in [7, 11) is 0. The Kier molecular flexibility index (Phi) is 5.22. The molecule has 2 rings (SSSR count). The Hall–Kier alpha value is -0.180. The van der Waals surface area contributed by atoms with Gasteiger partial charge in [-0.2, -0.15) is 0 Å². The number of hydrogen-bond acceptors (Lipinski definition) is 2. The van der Waals surface area contributed by atoms with Gasteiger partial charge in [-0.3, -0.25) is 0 Å². The molecule has 1 aromatic rings. The second kappa shape index (κ2) is 6.51. The van der Waals surface area contributed by atoms with Crippen LogP contribution in [0, 0.1) is 5.41 Å². The monoisotopic (exact) mass is 297 g/mol.